The van der Waals surface area contributed by atoms with Gasteiger partial charge in [-0.15, -0.1) is 11.3 Å². The number of carbonyl (C=O) groups excluding carboxylic acids is 4. The number of hydrogen-bond acceptors (Lipinski definition) is 12. The first-order valence-electron chi connectivity index (χ1n) is 22.9. The van der Waals surface area contributed by atoms with Crippen molar-refractivity contribution in [3.8, 4) is 27.7 Å². The van der Waals surface area contributed by atoms with E-state index in [4.69, 9.17) is 14.2 Å². The number of carbonyl (C=O) groups is 4. The second kappa shape index (κ2) is 19.5. The number of thiazole rings is 1. The highest BCUT2D eigenvalue weighted by Crippen LogP contribution is 2.47. The van der Waals surface area contributed by atoms with Gasteiger partial charge in [0.25, 0.3) is 5.91 Å². The molecular formula is C46H52F6N6O9S2. The first-order valence-corrected chi connectivity index (χ1v) is 25.3. The molecule has 69 heavy (non-hydrogen) atoms. The van der Waals surface area contributed by atoms with E-state index in [1.165, 1.54) is 41.8 Å². The van der Waals surface area contributed by atoms with Crippen LogP contribution in [0.15, 0.2) is 60.1 Å². The lowest BCUT2D eigenvalue weighted by Crippen LogP contribution is -2.60. The van der Waals surface area contributed by atoms with Gasteiger partial charge in [0.15, 0.2) is 0 Å². The van der Waals surface area contributed by atoms with Gasteiger partial charge < -0.3 is 29.7 Å². The van der Waals surface area contributed by atoms with E-state index < -0.39 is 111 Å². The fraction of sp³-hybridized carbons (Fsp3) is 0.565. The van der Waals surface area contributed by atoms with Gasteiger partial charge in [-0.3, -0.25) is 19.1 Å². The SMILES string of the molecule is CC[C@@H]1C[C@H](C)CC/C=C\[C@@H]2C[C@@]2(C(=O)NS(=O)(=O)C2CC2)NC(=O)[C@@H]2C[C@@H](Oc3cc(-c4ccc(C(F)(F)F)cc4)nc(-c4nccs4)c3)CN2C(=O)[C@H]1NC(=O)OC1(C(F)(F)F)CCCOC1. The number of halogens is 6. The lowest BCUT2D eigenvalue weighted by molar-refractivity contribution is -0.285. The molecule has 5 heterocycles. The molecule has 1 aromatic carbocycles. The van der Waals surface area contributed by atoms with Crippen molar-refractivity contribution in [2.24, 2.45) is 17.8 Å². The first-order chi connectivity index (χ1) is 32.6. The van der Waals surface area contributed by atoms with Crippen LogP contribution in [-0.2, 0) is 40.1 Å². The van der Waals surface area contributed by atoms with Gasteiger partial charge in [0.1, 0.15) is 40.2 Å². The summed E-state index contributed by atoms with van der Waals surface area (Å²) in [6, 6.07) is 4.34. The van der Waals surface area contributed by atoms with Crippen molar-refractivity contribution in [2.75, 3.05) is 19.8 Å². The minimum Gasteiger partial charge on any atom is -0.488 e. The third kappa shape index (κ3) is 11.0. The summed E-state index contributed by atoms with van der Waals surface area (Å²) >= 11 is 1.23. The van der Waals surface area contributed by atoms with E-state index in [2.05, 4.69) is 25.3 Å². The van der Waals surface area contributed by atoms with Gasteiger partial charge in [0.2, 0.25) is 27.4 Å². The van der Waals surface area contributed by atoms with Gasteiger partial charge >= 0.3 is 18.4 Å². The Morgan fingerprint density at radius 3 is 2.42 bits per heavy atom. The predicted octanol–water partition coefficient (Wildman–Crippen LogP) is 7.33. The molecule has 2 saturated heterocycles. The van der Waals surface area contributed by atoms with E-state index in [0.29, 0.717) is 48.4 Å². The van der Waals surface area contributed by atoms with Gasteiger partial charge in [-0.2, -0.15) is 26.3 Å². The number of nitrogens with zero attached hydrogens (tertiary/aromatic N) is 3. The summed E-state index contributed by atoms with van der Waals surface area (Å²) in [4.78, 5) is 67.8. The Morgan fingerprint density at radius 1 is 1.04 bits per heavy atom. The Bertz CT molecular complexity index is 2540. The first kappa shape index (κ1) is 50.1. The number of fused-ring (bicyclic) bond motifs is 2. The fourth-order valence-electron chi connectivity index (χ4n) is 9.38. The third-order valence-electron chi connectivity index (χ3n) is 13.5. The molecule has 4 fully saturated rings. The number of hydrogen-bond donors (Lipinski definition) is 3. The quantitative estimate of drug-likeness (QED) is 0.136. The van der Waals surface area contributed by atoms with Crippen molar-refractivity contribution < 1.29 is 68.1 Å². The molecule has 0 spiro atoms. The smallest absolute Gasteiger partial charge is 0.430 e. The highest BCUT2D eigenvalue weighted by Gasteiger charge is 2.63. The van der Waals surface area contributed by atoms with Crippen LogP contribution in [0.2, 0.25) is 0 Å². The summed E-state index contributed by atoms with van der Waals surface area (Å²) in [7, 11) is -4.06. The maximum absolute atomic E-state index is 15.2. The average molecular weight is 1010 g/mol. The lowest BCUT2D eigenvalue weighted by Gasteiger charge is -2.39. The zero-order valence-electron chi connectivity index (χ0n) is 37.6. The van der Waals surface area contributed by atoms with Gasteiger partial charge in [-0.25, -0.2) is 23.2 Å². The Labute approximate surface area is 398 Å². The van der Waals surface area contributed by atoms with Crippen LogP contribution in [0, 0.1) is 17.8 Å². The average Bonchev–Trinajstić information content (AvgIpc) is 4.16. The topological polar surface area (TPSA) is 195 Å². The van der Waals surface area contributed by atoms with Crippen LogP contribution in [0.3, 0.4) is 0 Å². The van der Waals surface area contributed by atoms with Crippen LogP contribution in [0.4, 0.5) is 31.1 Å². The third-order valence-corrected chi connectivity index (χ3v) is 16.1. The summed E-state index contributed by atoms with van der Waals surface area (Å²) in [5.74, 6) is -3.93. The molecule has 2 aliphatic carbocycles. The Morgan fingerprint density at radius 2 is 1.78 bits per heavy atom. The second-order valence-electron chi connectivity index (χ2n) is 18.6. The van der Waals surface area contributed by atoms with Crippen molar-refractivity contribution >= 4 is 45.2 Å². The van der Waals surface area contributed by atoms with E-state index in [9.17, 15) is 49.1 Å². The van der Waals surface area contributed by atoms with Crippen LogP contribution in [0.5, 0.6) is 5.75 Å². The number of allylic oxidation sites excluding steroid dienone is 1. The van der Waals surface area contributed by atoms with Crippen molar-refractivity contribution in [3.63, 3.8) is 0 Å². The van der Waals surface area contributed by atoms with Crippen molar-refractivity contribution in [1.29, 1.82) is 0 Å². The number of ether oxygens (including phenoxy) is 3. The molecule has 3 aromatic rings. The minimum absolute atomic E-state index is 0.0265. The molecule has 0 radical (unpaired) electrons. The van der Waals surface area contributed by atoms with Crippen LogP contribution in [0.25, 0.3) is 22.0 Å². The Hall–Kier alpha value is -5.29. The molecule has 5 aliphatic rings. The summed E-state index contributed by atoms with van der Waals surface area (Å²) in [5, 5.41) is 6.60. The highest BCUT2D eigenvalue weighted by molar-refractivity contribution is 7.91. The lowest BCUT2D eigenvalue weighted by atomic mass is 9.85. The molecule has 3 aliphatic heterocycles. The number of amides is 4. The molecule has 8 rings (SSSR count). The van der Waals surface area contributed by atoms with Crippen molar-refractivity contribution in [1.82, 2.24) is 30.2 Å². The molecule has 0 bridgehead atoms. The van der Waals surface area contributed by atoms with Crippen LogP contribution in [-0.4, -0.2) is 108 Å². The number of rotatable bonds is 10. The van der Waals surface area contributed by atoms with Crippen LogP contribution >= 0.6 is 11.3 Å². The van der Waals surface area contributed by atoms with Gasteiger partial charge in [-0.05, 0) is 68.9 Å². The number of alkyl carbamates (subject to hydrolysis) is 1. The molecule has 2 aromatic heterocycles. The van der Waals surface area contributed by atoms with Gasteiger partial charge in [0.05, 0.1) is 29.7 Å². The van der Waals surface area contributed by atoms with Crippen molar-refractivity contribution in [2.45, 2.75) is 125 Å². The summed E-state index contributed by atoms with van der Waals surface area (Å²) in [6.45, 7) is 2.42. The molecule has 1 unspecified atom stereocenters. The maximum Gasteiger partial charge on any atom is 0.430 e. The number of pyridine rings is 1. The van der Waals surface area contributed by atoms with E-state index >= 15 is 4.79 Å². The normalized spacial score (nSPS) is 29.6. The summed E-state index contributed by atoms with van der Waals surface area (Å²) in [6.07, 6.45) is -5.50. The molecule has 23 heteroatoms. The molecule has 8 atom stereocenters. The van der Waals surface area contributed by atoms with Gasteiger partial charge in [0, 0.05) is 54.6 Å². The molecule has 2 saturated carbocycles. The molecule has 4 amide bonds. The minimum atomic E-state index is -5.02. The highest BCUT2D eigenvalue weighted by atomic mass is 32.2. The van der Waals surface area contributed by atoms with E-state index in [-0.39, 0.29) is 56.2 Å². The largest absolute Gasteiger partial charge is 0.488 e. The van der Waals surface area contributed by atoms with E-state index in [1.54, 1.807) is 18.4 Å². The molecular weight excluding hydrogens is 959 g/mol. The van der Waals surface area contributed by atoms with Crippen molar-refractivity contribution in [3.05, 3.63) is 65.7 Å². The predicted molar refractivity (Wildman–Crippen MR) is 238 cm³/mol. The number of nitrogens with one attached hydrogen (secondary N) is 3. The van der Waals surface area contributed by atoms with E-state index in [1.807, 2.05) is 13.0 Å². The number of sulfonamides is 1. The number of benzene rings is 1. The zero-order valence-corrected chi connectivity index (χ0v) is 39.2. The van der Waals surface area contributed by atoms with Crippen LogP contribution < -0.4 is 20.1 Å². The molecule has 3 N–H and O–H groups in total. The molecule has 15 nitrogen and oxygen atoms in total. The summed E-state index contributed by atoms with van der Waals surface area (Å²) in [5.41, 5.74) is -4.79. The maximum atomic E-state index is 15.2. The Balaban J connectivity index is 1.15. The number of alkyl halides is 6. The molecule has 374 valence electrons. The monoisotopic (exact) mass is 1010 g/mol. The zero-order chi connectivity index (χ0) is 49.5. The Kier molecular flexibility index (Phi) is 14.1. The van der Waals surface area contributed by atoms with E-state index in [0.717, 1.165) is 17.0 Å². The second-order valence-corrected chi connectivity index (χ2v) is 21.4. The van der Waals surface area contributed by atoms with Crippen LogP contribution in [0.1, 0.15) is 83.6 Å². The fourth-order valence-corrected chi connectivity index (χ4v) is 11.3. The number of aromatic nitrogens is 2. The standard InChI is InChI=1S/C46H52F6N6O9S2/c1-3-27-19-26(2)7-4-5-8-30-23-44(30,41(61)57-69(63,64)33-13-14-33)56-38(59)36-22-32(24-58(36)40(60)37(27)55-42(62)67-43(46(50,51)52)15-6-17-65-25-43)66-31-20-34(54-35(21-31)39-53-16-18-68-39)28-9-11-29(12-10-28)45(47,48)49/h5,8-12,16,18,20-21,26-27,30,32-33,36-37H,3-4,6-7,13-15,17,19,22-25H2,1-2H3,(H,55,62)(H,56,59)(H,57,61)/b8-5-/t26-,27-,30-,32-,36+,37+,43?,44-/m1/s1. The summed E-state index contributed by atoms with van der Waals surface area (Å²) < 4.78 is 129. The van der Waals surface area contributed by atoms with Gasteiger partial charge in [-0.1, -0.05) is 44.6 Å².